The van der Waals surface area contributed by atoms with Crippen LogP contribution in [0.4, 0.5) is 11.6 Å². The standard InChI is InChI=1S/C7H11N5O2S/c1-12-4-3(8-5(13)6(12)14)9-7(15-2)11-10-4/h5-6,13-14H,1-2H3,(H,8,9,11)/t5-,6-/m0/s1. The van der Waals surface area contributed by atoms with Gasteiger partial charge in [0, 0.05) is 7.05 Å². The number of aliphatic hydroxyl groups is 2. The first kappa shape index (κ1) is 10.4. The molecule has 0 fully saturated rings. The van der Waals surface area contributed by atoms with Crippen LogP contribution in [0.5, 0.6) is 0 Å². The molecule has 1 aromatic rings. The summed E-state index contributed by atoms with van der Waals surface area (Å²) in [4.78, 5) is 5.55. The van der Waals surface area contributed by atoms with E-state index in [-0.39, 0.29) is 0 Å². The predicted octanol–water partition coefficient (Wildman–Crippen LogP) is -0.908. The molecule has 82 valence electrons. The molecule has 0 saturated heterocycles. The van der Waals surface area contributed by atoms with Crippen molar-refractivity contribution in [1.29, 1.82) is 0 Å². The van der Waals surface area contributed by atoms with E-state index in [1.807, 2.05) is 6.26 Å². The van der Waals surface area contributed by atoms with Gasteiger partial charge in [-0.05, 0) is 6.26 Å². The first-order valence-corrected chi connectivity index (χ1v) is 5.50. The van der Waals surface area contributed by atoms with Gasteiger partial charge in [0.15, 0.2) is 24.1 Å². The quantitative estimate of drug-likeness (QED) is 0.533. The van der Waals surface area contributed by atoms with Crippen LogP contribution in [0.1, 0.15) is 0 Å². The van der Waals surface area contributed by atoms with Crippen molar-refractivity contribution < 1.29 is 10.2 Å². The van der Waals surface area contributed by atoms with Crippen LogP contribution < -0.4 is 10.2 Å². The molecule has 0 bridgehead atoms. The fraction of sp³-hybridized carbons (Fsp3) is 0.571. The highest BCUT2D eigenvalue weighted by atomic mass is 32.2. The number of hydrogen-bond donors (Lipinski definition) is 3. The van der Waals surface area contributed by atoms with Gasteiger partial charge in [-0.2, -0.15) is 4.98 Å². The summed E-state index contributed by atoms with van der Waals surface area (Å²) < 4.78 is 0. The van der Waals surface area contributed by atoms with E-state index in [0.717, 1.165) is 0 Å². The number of aliphatic hydroxyl groups excluding tert-OH is 2. The first-order valence-electron chi connectivity index (χ1n) is 4.27. The monoisotopic (exact) mass is 229 g/mol. The summed E-state index contributed by atoms with van der Waals surface area (Å²) >= 11 is 1.36. The van der Waals surface area contributed by atoms with E-state index in [1.54, 1.807) is 7.05 Å². The maximum Gasteiger partial charge on any atom is 0.210 e. The van der Waals surface area contributed by atoms with Gasteiger partial charge in [0.1, 0.15) is 0 Å². The maximum absolute atomic E-state index is 9.53. The number of likely N-dealkylation sites (N-methyl/N-ethyl adjacent to an activating group) is 1. The summed E-state index contributed by atoms with van der Waals surface area (Å²) in [6, 6.07) is 0. The summed E-state index contributed by atoms with van der Waals surface area (Å²) in [6.07, 6.45) is -0.288. The third-order valence-corrected chi connectivity index (χ3v) is 2.67. The van der Waals surface area contributed by atoms with Gasteiger partial charge in [0.05, 0.1) is 0 Å². The Balaban J connectivity index is 2.41. The number of thioether (sulfide) groups is 1. The number of nitrogens with one attached hydrogen (secondary N) is 1. The number of rotatable bonds is 1. The molecule has 0 unspecified atom stereocenters. The smallest absolute Gasteiger partial charge is 0.210 e. The van der Waals surface area contributed by atoms with E-state index in [2.05, 4.69) is 20.5 Å². The van der Waals surface area contributed by atoms with Gasteiger partial charge in [0.25, 0.3) is 0 Å². The van der Waals surface area contributed by atoms with E-state index in [1.165, 1.54) is 16.7 Å². The van der Waals surface area contributed by atoms with Crippen LogP contribution in [0.25, 0.3) is 0 Å². The summed E-state index contributed by atoms with van der Waals surface area (Å²) in [5, 5.41) is 29.9. The fourth-order valence-corrected chi connectivity index (χ4v) is 1.58. The van der Waals surface area contributed by atoms with Gasteiger partial charge < -0.3 is 20.4 Å². The maximum atomic E-state index is 9.53. The number of hydrogen-bond acceptors (Lipinski definition) is 8. The Hall–Kier alpha value is -1.12. The third kappa shape index (κ3) is 1.71. The average Bonchev–Trinajstić information content (AvgIpc) is 2.25. The highest BCUT2D eigenvalue weighted by molar-refractivity contribution is 7.98. The third-order valence-electron chi connectivity index (χ3n) is 2.13. The van der Waals surface area contributed by atoms with E-state index in [0.29, 0.717) is 16.8 Å². The Morgan fingerprint density at radius 3 is 2.80 bits per heavy atom. The molecule has 0 amide bonds. The molecular weight excluding hydrogens is 218 g/mol. The molecule has 2 atom stereocenters. The zero-order chi connectivity index (χ0) is 11.0. The van der Waals surface area contributed by atoms with Crippen LogP contribution in [0.15, 0.2) is 5.16 Å². The number of anilines is 2. The van der Waals surface area contributed by atoms with Gasteiger partial charge in [-0.15, -0.1) is 10.2 Å². The van der Waals surface area contributed by atoms with E-state index in [9.17, 15) is 10.2 Å². The Bertz CT molecular complexity index is 376. The summed E-state index contributed by atoms with van der Waals surface area (Å²) in [5.74, 6) is 0.847. The predicted molar refractivity (Wildman–Crippen MR) is 55.6 cm³/mol. The zero-order valence-electron chi connectivity index (χ0n) is 8.25. The van der Waals surface area contributed by atoms with Gasteiger partial charge >= 0.3 is 0 Å². The van der Waals surface area contributed by atoms with Crippen LogP contribution in [0, 0.1) is 0 Å². The van der Waals surface area contributed by atoms with Crippen LogP contribution in [-0.4, -0.2) is 51.2 Å². The van der Waals surface area contributed by atoms with Gasteiger partial charge in [-0.1, -0.05) is 11.8 Å². The Kier molecular flexibility index (Phi) is 2.63. The van der Waals surface area contributed by atoms with Crippen LogP contribution in [0.2, 0.25) is 0 Å². The van der Waals surface area contributed by atoms with Crippen molar-refractivity contribution in [3.63, 3.8) is 0 Å². The molecule has 8 heteroatoms. The Labute approximate surface area is 90.5 Å². The van der Waals surface area contributed by atoms with Crippen molar-refractivity contribution in [2.24, 2.45) is 0 Å². The normalized spacial score (nSPS) is 24.7. The summed E-state index contributed by atoms with van der Waals surface area (Å²) in [6.45, 7) is 0. The molecule has 1 aliphatic heterocycles. The molecule has 0 spiro atoms. The van der Waals surface area contributed by atoms with Gasteiger partial charge in [0.2, 0.25) is 5.16 Å². The molecule has 15 heavy (non-hydrogen) atoms. The second kappa shape index (κ2) is 3.80. The van der Waals surface area contributed by atoms with Crippen molar-refractivity contribution in [3.05, 3.63) is 0 Å². The van der Waals surface area contributed by atoms with Crippen LogP contribution in [-0.2, 0) is 0 Å². The molecule has 1 aliphatic rings. The minimum atomic E-state index is -1.08. The number of fused-ring (bicyclic) bond motifs is 1. The lowest BCUT2D eigenvalue weighted by Crippen LogP contribution is -2.49. The molecular formula is C7H11N5O2S. The van der Waals surface area contributed by atoms with Crippen molar-refractivity contribution in [3.8, 4) is 0 Å². The van der Waals surface area contributed by atoms with Gasteiger partial charge in [-0.25, -0.2) is 0 Å². The van der Waals surface area contributed by atoms with Crippen LogP contribution >= 0.6 is 11.8 Å². The van der Waals surface area contributed by atoms with E-state index in [4.69, 9.17) is 0 Å². The largest absolute Gasteiger partial charge is 0.369 e. The lowest BCUT2D eigenvalue weighted by Gasteiger charge is -2.34. The van der Waals surface area contributed by atoms with Crippen molar-refractivity contribution >= 4 is 23.4 Å². The summed E-state index contributed by atoms with van der Waals surface area (Å²) in [5.41, 5.74) is 0. The van der Waals surface area contributed by atoms with Crippen molar-refractivity contribution in [1.82, 2.24) is 15.2 Å². The first-order chi connectivity index (χ1) is 7.13. The SMILES string of the molecule is CSc1nnc2c(n1)N[C@@H](O)[C@H](O)N2C. The molecule has 7 nitrogen and oxygen atoms in total. The molecule has 0 aliphatic carbocycles. The molecule has 0 radical (unpaired) electrons. The topological polar surface area (TPSA) is 94.4 Å². The lowest BCUT2D eigenvalue weighted by atomic mass is 10.3. The van der Waals surface area contributed by atoms with Crippen molar-refractivity contribution in [2.75, 3.05) is 23.5 Å². The fourth-order valence-electron chi connectivity index (χ4n) is 1.28. The Morgan fingerprint density at radius 1 is 1.40 bits per heavy atom. The highest BCUT2D eigenvalue weighted by Crippen LogP contribution is 2.27. The number of nitrogens with zero attached hydrogens (tertiary/aromatic N) is 4. The highest BCUT2D eigenvalue weighted by Gasteiger charge is 2.31. The van der Waals surface area contributed by atoms with Crippen LogP contribution in [0.3, 0.4) is 0 Å². The molecule has 2 rings (SSSR count). The second-order valence-corrected chi connectivity index (χ2v) is 3.86. The minimum absolute atomic E-state index is 0.422. The van der Waals surface area contributed by atoms with E-state index < -0.39 is 12.5 Å². The Morgan fingerprint density at radius 2 is 2.13 bits per heavy atom. The summed E-state index contributed by atoms with van der Waals surface area (Å²) in [7, 11) is 1.61. The second-order valence-electron chi connectivity index (χ2n) is 3.08. The van der Waals surface area contributed by atoms with Crippen molar-refractivity contribution in [2.45, 2.75) is 17.6 Å². The van der Waals surface area contributed by atoms with Gasteiger partial charge in [-0.3, -0.25) is 0 Å². The molecule has 2 heterocycles. The average molecular weight is 229 g/mol. The molecule has 1 aromatic heterocycles. The molecule has 0 saturated carbocycles. The molecule has 0 aromatic carbocycles. The minimum Gasteiger partial charge on any atom is -0.369 e. The molecule has 3 N–H and O–H groups in total. The zero-order valence-corrected chi connectivity index (χ0v) is 9.06. The number of aromatic nitrogens is 3. The lowest BCUT2D eigenvalue weighted by molar-refractivity contribution is 0.0334. The van der Waals surface area contributed by atoms with E-state index >= 15 is 0 Å².